The Morgan fingerprint density at radius 3 is 2.13 bits per heavy atom. The molecule has 1 aliphatic rings. The lowest BCUT2D eigenvalue weighted by Gasteiger charge is -2.25. The van der Waals surface area contributed by atoms with E-state index in [1.165, 1.54) is 19.3 Å². The first-order valence-corrected chi connectivity index (χ1v) is 12.1. The molecule has 7 heteroatoms. The van der Waals surface area contributed by atoms with Crippen LogP contribution in [-0.4, -0.2) is 30.1 Å². The Balaban J connectivity index is 0.000000639. The fraction of sp³-hybridized carbons (Fsp3) is 0.958. The zero-order valence-electron chi connectivity index (χ0n) is 21.3. The molecule has 0 spiro atoms. The summed E-state index contributed by atoms with van der Waals surface area (Å²) in [6, 6.07) is 0. The van der Waals surface area contributed by atoms with Crippen LogP contribution in [0.4, 0.5) is 4.79 Å². The Morgan fingerprint density at radius 2 is 1.61 bits per heavy atom. The second kappa shape index (κ2) is 16.7. The van der Waals surface area contributed by atoms with Crippen molar-refractivity contribution in [2.45, 2.75) is 137 Å². The van der Waals surface area contributed by atoms with Gasteiger partial charge in [0.25, 0.3) is 0 Å². The molecule has 7 nitrogen and oxygen atoms in total. The van der Waals surface area contributed by atoms with E-state index < -0.39 is 11.8 Å². The maximum Gasteiger partial charge on any atom is 0.542 e. The molecule has 0 amide bonds. The zero-order valence-corrected chi connectivity index (χ0v) is 21.3. The van der Waals surface area contributed by atoms with Gasteiger partial charge in [0.2, 0.25) is 0 Å². The maximum atomic E-state index is 11.3. The summed E-state index contributed by atoms with van der Waals surface area (Å²) in [5.41, 5.74) is -0.662. The van der Waals surface area contributed by atoms with E-state index in [9.17, 15) is 4.79 Å². The molecule has 0 N–H and O–H groups in total. The van der Waals surface area contributed by atoms with Crippen LogP contribution in [0.25, 0.3) is 0 Å². The Kier molecular flexibility index (Phi) is 16.2. The lowest BCUT2D eigenvalue weighted by atomic mass is 9.98. The molecule has 1 rings (SSSR count). The van der Waals surface area contributed by atoms with Crippen LogP contribution in [0.3, 0.4) is 0 Å². The number of carbonyl (C=O) groups is 1. The van der Waals surface area contributed by atoms with Crippen LogP contribution in [0.5, 0.6) is 0 Å². The van der Waals surface area contributed by atoms with Crippen LogP contribution in [0.1, 0.15) is 120 Å². The summed E-state index contributed by atoms with van der Waals surface area (Å²) in [6.45, 7) is 16.2. The topological polar surface area (TPSA) is 72.5 Å². The summed E-state index contributed by atoms with van der Waals surface area (Å²) in [6.07, 6.45) is 10.8. The quantitative estimate of drug-likeness (QED) is 0.174. The van der Waals surface area contributed by atoms with Crippen LogP contribution in [0.2, 0.25) is 0 Å². The molecule has 1 unspecified atom stereocenters. The SMILES string of the molecule is CC(C)(C)OOC1CCCCC1.CCCCC(CC)COC(=O)OOOC(C)(C)CC. The Labute approximate surface area is 190 Å². The minimum Gasteiger partial charge on any atom is -0.432 e. The van der Waals surface area contributed by atoms with E-state index in [2.05, 4.69) is 23.8 Å². The van der Waals surface area contributed by atoms with Crippen molar-refractivity contribution in [3.05, 3.63) is 0 Å². The first-order valence-electron chi connectivity index (χ1n) is 12.1. The molecule has 31 heavy (non-hydrogen) atoms. The molecule has 0 aromatic heterocycles. The van der Waals surface area contributed by atoms with Crippen LogP contribution in [0.15, 0.2) is 0 Å². The normalized spacial score (nSPS) is 16.3. The minimum absolute atomic E-state index is 0.169. The standard InChI is InChI=1S/C14H28O5.C10H20O2/c1-6-9-10-12(7-2)11-16-13(15)17-19-18-14(4,5)8-3;1-10(2,3)12-11-9-7-5-4-6-8-9/h12H,6-11H2,1-5H3;9H,4-8H2,1-3H3. The van der Waals surface area contributed by atoms with Crippen molar-refractivity contribution in [2.75, 3.05) is 6.61 Å². The third-order valence-corrected chi connectivity index (χ3v) is 5.18. The largest absolute Gasteiger partial charge is 0.542 e. The van der Waals surface area contributed by atoms with Gasteiger partial charge < -0.3 is 4.74 Å². The molecule has 1 saturated carbocycles. The predicted molar refractivity (Wildman–Crippen MR) is 121 cm³/mol. The summed E-state index contributed by atoms with van der Waals surface area (Å²) < 4.78 is 4.97. The summed E-state index contributed by atoms with van der Waals surface area (Å²) in [5, 5.41) is 4.42. The average Bonchev–Trinajstić information content (AvgIpc) is 2.73. The number of hydrogen-bond acceptors (Lipinski definition) is 7. The van der Waals surface area contributed by atoms with E-state index in [1.54, 1.807) is 0 Å². The Bertz CT molecular complexity index is 440. The lowest BCUT2D eigenvalue weighted by molar-refractivity contribution is -0.517. The van der Waals surface area contributed by atoms with Crippen molar-refractivity contribution >= 4 is 6.16 Å². The minimum atomic E-state index is -0.859. The third kappa shape index (κ3) is 18.4. The van der Waals surface area contributed by atoms with Gasteiger partial charge in [0.05, 0.1) is 18.3 Å². The molecule has 1 aliphatic carbocycles. The maximum absolute atomic E-state index is 11.3. The second-order valence-electron chi connectivity index (χ2n) is 9.88. The van der Waals surface area contributed by atoms with Crippen LogP contribution in [0, 0.1) is 5.92 Å². The smallest absolute Gasteiger partial charge is 0.432 e. The van der Waals surface area contributed by atoms with E-state index in [-0.39, 0.29) is 5.60 Å². The highest BCUT2D eigenvalue weighted by Crippen LogP contribution is 2.22. The van der Waals surface area contributed by atoms with Crippen LogP contribution < -0.4 is 0 Å². The molecule has 1 atom stereocenters. The summed E-state index contributed by atoms with van der Waals surface area (Å²) in [5.74, 6) is 0.375. The van der Waals surface area contributed by atoms with Gasteiger partial charge in [-0.1, -0.05) is 59.3 Å². The molecular formula is C24H48O7. The number of rotatable bonds is 12. The van der Waals surface area contributed by atoms with E-state index in [4.69, 9.17) is 19.4 Å². The van der Waals surface area contributed by atoms with Crippen molar-refractivity contribution in [3.8, 4) is 0 Å². The van der Waals surface area contributed by atoms with E-state index in [0.29, 0.717) is 18.6 Å². The highest BCUT2D eigenvalue weighted by Gasteiger charge is 2.20. The van der Waals surface area contributed by atoms with Crippen molar-refractivity contribution in [1.29, 1.82) is 0 Å². The summed E-state index contributed by atoms with van der Waals surface area (Å²) in [4.78, 5) is 31.2. The Hall–Kier alpha value is -0.890. The molecule has 0 aromatic carbocycles. The van der Waals surface area contributed by atoms with E-state index >= 15 is 0 Å². The third-order valence-electron chi connectivity index (χ3n) is 5.18. The van der Waals surface area contributed by atoms with Crippen molar-refractivity contribution in [3.63, 3.8) is 0 Å². The average molecular weight is 449 g/mol. The van der Waals surface area contributed by atoms with Gasteiger partial charge in [-0.05, 0) is 71.3 Å². The Morgan fingerprint density at radius 1 is 0.968 bits per heavy atom. The lowest BCUT2D eigenvalue weighted by Crippen LogP contribution is -2.25. The molecule has 0 bridgehead atoms. The van der Waals surface area contributed by atoms with Crippen LogP contribution >= 0.6 is 0 Å². The van der Waals surface area contributed by atoms with Crippen molar-refractivity contribution < 1.29 is 34.1 Å². The van der Waals surface area contributed by atoms with Gasteiger partial charge in [0.1, 0.15) is 5.60 Å². The fourth-order valence-corrected chi connectivity index (χ4v) is 2.68. The van der Waals surface area contributed by atoms with Crippen LogP contribution in [-0.2, 0) is 29.3 Å². The first kappa shape index (κ1) is 30.1. The summed E-state index contributed by atoms with van der Waals surface area (Å²) >= 11 is 0. The van der Waals surface area contributed by atoms with Crippen molar-refractivity contribution in [2.24, 2.45) is 5.92 Å². The monoisotopic (exact) mass is 448 g/mol. The van der Waals surface area contributed by atoms with E-state index in [0.717, 1.165) is 44.9 Å². The highest BCUT2D eigenvalue weighted by atomic mass is 17.5. The summed E-state index contributed by atoms with van der Waals surface area (Å²) in [7, 11) is 0. The highest BCUT2D eigenvalue weighted by molar-refractivity contribution is 5.58. The van der Waals surface area contributed by atoms with Crippen molar-refractivity contribution in [1.82, 2.24) is 0 Å². The molecule has 0 heterocycles. The first-order chi connectivity index (χ1) is 14.5. The number of hydrogen-bond donors (Lipinski definition) is 0. The van der Waals surface area contributed by atoms with Gasteiger partial charge in [-0.25, -0.2) is 19.5 Å². The molecular weight excluding hydrogens is 400 g/mol. The molecule has 1 fully saturated rings. The number of carbonyl (C=O) groups excluding carboxylic acids is 1. The molecule has 0 aromatic rings. The fourth-order valence-electron chi connectivity index (χ4n) is 2.68. The van der Waals surface area contributed by atoms with Gasteiger partial charge in [-0.3, -0.25) is 0 Å². The number of ether oxygens (including phenoxy) is 1. The second-order valence-corrected chi connectivity index (χ2v) is 9.88. The molecule has 0 saturated heterocycles. The van der Waals surface area contributed by atoms with Gasteiger partial charge >= 0.3 is 6.16 Å². The molecule has 186 valence electrons. The zero-order chi connectivity index (χ0) is 23.8. The van der Waals surface area contributed by atoms with Gasteiger partial charge in [0, 0.05) is 0 Å². The van der Waals surface area contributed by atoms with Gasteiger partial charge in [-0.2, -0.15) is 4.89 Å². The predicted octanol–water partition coefficient (Wildman–Crippen LogP) is 7.47. The van der Waals surface area contributed by atoms with E-state index in [1.807, 2.05) is 41.5 Å². The number of unbranched alkanes of at least 4 members (excludes halogenated alkanes) is 1. The van der Waals surface area contributed by atoms with Gasteiger partial charge in [0.15, 0.2) is 0 Å². The van der Waals surface area contributed by atoms with Gasteiger partial charge in [-0.15, -0.1) is 0 Å². The molecule has 0 radical (unpaired) electrons. The molecule has 0 aliphatic heterocycles.